The number of carbonyl (C=O) groups excluding carboxylic acids is 2. The lowest BCUT2D eigenvalue weighted by molar-refractivity contribution is -0.146. The molecule has 1 N–H and O–H groups in total. The molecule has 1 saturated heterocycles. The molecule has 1 heterocycles. The lowest BCUT2D eigenvalue weighted by Crippen LogP contribution is -2.59. The van der Waals surface area contributed by atoms with Crippen LogP contribution in [-0.2, 0) is 9.59 Å². The maximum Gasteiger partial charge on any atom is 0.243 e. The molecule has 1 aliphatic carbocycles. The molecule has 2 amide bonds. The Bertz CT molecular complexity index is 899. The van der Waals surface area contributed by atoms with E-state index in [1.165, 1.54) is 17.7 Å². The zero-order valence-corrected chi connectivity index (χ0v) is 16.8. The fraction of sp³-hybridized carbons (Fsp3) is 0.417. The standard InChI is InChI=1S/C24H27FN2O2/c1-15(2)11-22-23(28)26-21(17-9-6-10-18(25)12-17)14-27(22)24(29)20-13-19(20)16-7-4-3-5-8-16/h3-10,12,15,19-22H,11,13-14H2,1-2H3,(H,26,28). The van der Waals surface area contributed by atoms with Crippen molar-refractivity contribution in [1.29, 1.82) is 0 Å². The van der Waals surface area contributed by atoms with Crippen molar-refractivity contribution < 1.29 is 14.0 Å². The number of piperazine rings is 1. The number of carbonyl (C=O) groups is 2. The van der Waals surface area contributed by atoms with Crippen molar-refractivity contribution >= 4 is 11.8 Å². The van der Waals surface area contributed by atoms with Crippen LogP contribution < -0.4 is 5.32 Å². The Morgan fingerprint density at radius 2 is 1.86 bits per heavy atom. The Morgan fingerprint density at radius 1 is 1.14 bits per heavy atom. The predicted octanol–water partition coefficient (Wildman–Crippen LogP) is 4.04. The summed E-state index contributed by atoms with van der Waals surface area (Å²) in [7, 11) is 0. The SMILES string of the molecule is CC(C)CC1C(=O)NC(c2cccc(F)c2)CN1C(=O)C1CC1c1ccccc1. The summed E-state index contributed by atoms with van der Waals surface area (Å²) in [6, 6.07) is 15.5. The first kappa shape index (κ1) is 19.6. The molecule has 2 aromatic carbocycles. The Labute approximate surface area is 171 Å². The number of amides is 2. The average Bonchev–Trinajstić information content (AvgIpc) is 3.50. The van der Waals surface area contributed by atoms with E-state index in [9.17, 15) is 14.0 Å². The van der Waals surface area contributed by atoms with E-state index in [2.05, 4.69) is 31.3 Å². The topological polar surface area (TPSA) is 49.4 Å². The largest absolute Gasteiger partial charge is 0.346 e. The molecule has 29 heavy (non-hydrogen) atoms. The monoisotopic (exact) mass is 394 g/mol. The van der Waals surface area contributed by atoms with Crippen LogP contribution in [0.3, 0.4) is 0 Å². The second kappa shape index (κ2) is 7.97. The molecule has 4 nitrogen and oxygen atoms in total. The summed E-state index contributed by atoms with van der Waals surface area (Å²) in [6.07, 6.45) is 1.44. The average molecular weight is 394 g/mol. The van der Waals surface area contributed by atoms with Gasteiger partial charge in [-0.2, -0.15) is 0 Å². The number of nitrogens with zero attached hydrogens (tertiary/aromatic N) is 1. The normalized spacial score (nSPS) is 26.3. The second-order valence-electron chi connectivity index (χ2n) is 8.61. The third-order valence-corrected chi connectivity index (χ3v) is 5.94. The third kappa shape index (κ3) is 4.19. The first-order valence-electron chi connectivity index (χ1n) is 10.3. The molecule has 2 aliphatic rings. The minimum absolute atomic E-state index is 0.0424. The predicted molar refractivity (Wildman–Crippen MR) is 110 cm³/mol. The summed E-state index contributed by atoms with van der Waals surface area (Å²) in [5.74, 6) is -0.0153. The third-order valence-electron chi connectivity index (χ3n) is 5.94. The maximum atomic E-state index is 13.7. The molecular weight excluding hydrogens is 367 g/mol. The van der Waals surface area contributed by atoms with Crippen LogP contribution >= 0.6 is 0 Å². The smallest absolute Gasteiger partial charge is 0.243 e. The minimum Gasteiger partial charge on any atom is -0.346 e. The van der Waals surface area contributed by atoms with Gasteiger partial charge in [0, 0.05) is 12.5 Å². The van der Waals surface area contributed by atoms with E-state index in [0.29, 0.717) is 18.5 Å². The quantitative estimate of drug-likeness (QED) is 0.832. The molecule has 2 fully saturated rings. The zero-order valence-electron chi connectivity index (χ0n) is 16.8. The van der Waals surface area contributed by atoms with Gasteiger partial charge in [0.25, 0.3) is 0 Å². The highest BCUT2D eigenvalue weighted by molar-refractivity contribution is 5.91. The van der Waals surface area contributed by atoms with Gasteiger partial charge in [0.2, 0.25) is 11.8 Å². The van der Waals surface area contributed by atoms with Crippen LogP contribution in [0.1, 0.15) is 49.8 Å². The molecular formula is C24H27FN2O2. The van der Waals surface area contributed by atoms with Crippen molar-refractivity contribution in [3.05, 3.63) is 71.5 Å². The zero-order chi connectivity index (χ0) is 20.5. The number of hydrogen-bond donors (Lipinski definition) is 1. The van der Waals surface area contributed by atoms with Gasteiger partial charge in [-0.05, 0) is 47.9 Å². The molecule has 0 aromatic heterocycles. The van der Waals surface area contributed by atoms with Gasteiger partial charge in [-0.15, -0.1) is 0 Å². The van der Waals surface area contributed by atoms with Gasteiger partial charge >= 0.3 is 0 Å². The number of hydrogen-bond acceptors (Lipinski definition) is 2. The maximum absolute atomic E-state index is 13.7. The van der Waals surface area contributed by atoms with Crippen LogP contribution in [0.15, 0.2) is 54.6 Å². The van der Waals surface area contributed by atoms with Crippen LogP contribution in [0, 0.1) is 17.7 Å². The second-order valence-corrected chi connectivity index (χ2v) is 8.61. The first-order valence-corrected chi connectivity index (χ1v) is 10.3. The van der Waals surface area contributed by atoms with Gasteiger partial charge in [0.15, 0.2) is 0 Å². The Balaban J connectivity index is 1.56. The van der Waals surface area contributed by atoms with Crippen LogP contribution in [-0.4, -0.2) is 29.3 Å². The van der Waals surface area contributed by atoms with E-state index in [4.69, 9.17) is 0 Å². The molecule has 4 atom stereocenters. The van der Waals surface area contributed by atoms with Crippen molar-refractivity contribution in [3.63, 3.8) is 0 Å². The number of nitrogens with one attached hydrogen (secondary N) is 1. The van der Waals surface area contributed by atoms with E-state index < -0.39 is 6.04 Å². The number of rotatable bonds is 5. The van der Waals surface area contributed by atoms with Crippen LogP contribution in [0.5, 0.6) is 0 Å². The lowest BCUT2D eigenvalue weighted by Gasteiger charge is -2.40. The molecule has 1 aliphatic heterocycles. The van der Waals surface area contributed by atoms with Crippen molar-refractivity contribution in [3.8, 4) is 0 Å². The number of halogens is 1. The molecule has 4 unspecified atom stereocenters. The van der Waals surface area contributed by atoms with Gasteiger partial charge < -0.3 is 10.2 Å². The van der Waals surface area contributed by atoms with Crippen LogP contribution in [0.25, 0.3) is 0 Å². The highest BCUT2D eigenvalue weighted by Gasteiger charge is 2.49. The van der Waals surface area contributed by atoms with Crippen molar-refractivity contribution in [1.82, 2.24) is 10.2 Å². The van der Waals surface area contributed by atoms with Gasteiger partial charge in [-0.25, -0.2) is 4.39 Å². The van der Waals surface area contributed by atoms with Gasteiger partial charge in [-0.3, -0.25) is 9.59 Å². The fourth-order valence-electron chi connectivity index (χ4n) is 4.37. The lowest BCUT2D eigenvalue weighted by atomic mass is 9.95. The van der Waals surface area contributed by atoms with Crippen LogP contribution in [0.4, 0.5) is 4.39 Å². The Hall–Kier alpha value is -2.69. The summed E-state index contributed by atoms with van der Waals surface area (Å²) in [6.45, 7) is 4.49. The highest BCUT2D eigenvalue weighted by Crippen LogP contribution is 2.49. The van der Waals surface area contributed by atoms with Gasteiger partial charge in [0.05, 0.1) is 6.04 Å². The first-order chi connectivity index (χ1) is 13.9. The van der Waals surface area contributed by atoms with Gasteiger partial charge in [0.1, 0.15) is 11.9 Å². The molecule has 0 bridgehead atoms. The summed E-state index contributed by atoms with van der Waals surface area (Å²) < 4.78 is 13.7. The van der Waals surface area contributed by atoms with Gasteiger partial charge in [-0.1, -0.05) is 56.3 Å². The summed E-state index contributed by atoms with van der Waals surface area (Å²) in [4.78, 5) is 28.1. The van der Waals surface area contributed by atoms with E-state index >= 15 is 0 Å². The molecule has 0 radical (unpaired) electrons. The highest BCUT2D eigenvalue weighted by atomic mass is 19.1. The molecule has 2 aromatic rings. The van der Waals surface area contributed by atoms with E-state index in [1.54, 1.807) is 17.0 Å². The summed E-state index contributed by atoms with van der Waals surface area (Å²) >= 11 is 0. The Morgan fingerprint density at radius 3 is 2.55 bits per heavy atom. The molecule has 1 saturated carbocycles. The molecule has 152 valence electrons. The summed E-state index contributed by atoms with van der Waals surface area (Å²) in [5.41, 5.74) is 1.86. The Kier molecular flexibility index (Phi) is 5.39. The van der Waals surface area contributed by atoms with E-state index in [0.717, 1.165) is 6.42 Å². The minimum atomic E-state index is -0.468. The number of benzene rings is 2. The van der Waals surface area contributed by atoms with Crippen molar-refractivity contribution in [2.45, 2.75) is 44.7 Å². The molecule has 0 spiro atoms. The van der Waals surface area contributed by atoms with E-state index in [1.807, 2.05) is 18.2 Å². The molecule has 5 heteroatoms. The van der Waals surface area contributed by atoms with Crippen molar-refractivity contribution in [2.75, 3.05) is 6.54 Å². The van der Waals surface area contributed by atoms with E-state index in [-0.39, 0.29) is 41.4 Å². The molecule has 4 rings (SSSR count). The van der Waals surface area contributed by atoms with Crippen LogP contribution in [0.2, 0.25) is 0 Å². The summed E-state index contributed by atoms with van der Waals surface area (Å²) in [5, 5.41) is 3.00. The fourth-order valence-corrected chi connectivity index (χ4v) is 4.37. The van der Waals surface area contributed by atoms with Crippen molar-refractivity contribution in [2.24, 2.45) is 11.8 Å².